The van der Waals surface area contributed by atoms with Crippen LogP contribution in [-0.2, 0) is 9.53 Å². The fourth-order valence-corrected chi connectivity index (χ4v) is 2.29. The van der Waals surface area contributed by atoms with Crippen molar-refractivity contribution in [2.45, 2.75) is 52.2 Å². The highest BCUT2D eigenvalue weighted by Gasteiger charge is 2.49. The van der Waals surface area contributed by atoms with E-state index in [0.29, 0.717) is 18.9 Å². The Hall–Kier alpha value is -0.610. The molecule has 3 atom stereocenters. The minimum Gasteiger partial charge on any atom is -0.381 e. The van der Waals surface area contributed by atoms with E-state index in [1.807, 2.05) is 0 Å². The molecule has 0 spiro atoms. The highest BCUT2D eigenvalue weighted by atomic mass is 16.5. The lowest BCUT2D eigenvalue weighted by Crippen LogP contribution is -2.61. The lowest BCUT2D eigenvalue weighted by Gasteiger charge is -2.51. The molecule has 1 rings (SSSR count). The molecule has 1 fully saturated rings. The maximum Gasteiger partial charge on any atom is 0.220 e. The molecule has 4 nitrogen and oxygen atoms in total. The molecule has 1 saturated carbocycles. The van der Waals surface area contributed by atoms with Gasteiger partial charge in [0.1, 0.15) is 0 Å². The molecule has 17 heavy (non-hydrogen) atoms. The van der Waals surface area contributed by atoms with Crippen LogP contribution >= 0.6 is 0 Å². The third kappa shape index (κ3) is 3.42. The predicted octanol–water partition coefficient (Wildman–Crippen LogP) is 1.29. The number of nitrogens with one attached hydrogen (secondary N) is 1. The first kappa shape index (κ1) is 14.5. The molecule has 1 amide bonds. The summed E-state index contributed by atoms with van der Waals surface area (Å²) in [7, 11) is 1.73. The molecule has 0 radical (unpaired) electrons. The van der Waals surface area contributed by atoms with Gasteiger partial charge in [0.25, 0.3) is 0 Å². The summed E-state index contributed by atoms with van der Waals surface area (Å²) in [6.07, 6.45) is 2.61. The van der Waals surface area contributed by atoms with Gasteiger partial charge in [-0.15, -0.1) is 0 Å². The monoisotopic (exact) mass is 242 g/mol. The molecule has 4 heteroatoms. The zero-order chi connectivity index (χ0) is 13.1. The lowest BCUT2D eigenvalue weighted by molar-refractivity contribution is -0.132. The Morgan fingerprint density at radius 3 is 2.71 bits per heavy atom. The predicted molar refractivity (Wildman–Crippen MR) is 68.6 cm³/mol. The minimum absolute atomic E-state index is 0.0455. The van der Waals surface area contributed by atoms with E-state index < -0.39 is 0 Å². The maximum absolute atomic E-state index is 11.8. The number of carbonyl (C=O) groups is 1. The summed E-state index contributed by atoms with van der Waals surface area (Å²) in [6.45, 7) is 6.99. The smallest absolute Gasteiger partial charge is 0.220 e. The van der Waals surface area contributed by atoms with E-state index in [1.165, 1.54) is 0 Å². The second kappa shape index (κ2) is 5.83. The van der Waals surface area contributed by atoms with Gasteiger partial charge in [0.2, 0.25) is 5.91 Å². The largest absolute Gasteiger partial charge is 0.381 e. The van der Waals surface area contributed by atoms with Gasteiger partial charge in [-0.1, -0.05) is 20.8 Å². The van der Waals surface area contributed by atoms with Gasteiger partial charge < -0.3 is 15.8 Å². The first-order valence-corrected chi connectivity index (χ1v) is 6.44. The van der Waals surface area contributed by atoms with Crippen LogP contribution in [0.15, 0.2) is 0 Å². The van der Waals surface area contributed by atoms with Crippen molar-refractivity contribution >= 4 is 5.91 Å². The van der Waals surface area contributed by atoms with E-state index in [4.69, 9.17) is 10.5 Å². The topological polar surface area (TPSA) is 64.3 Å². The van der Waals surface area contributed by atoms with Gasteiger partial charge in [-0.2, -0.15) is 0 Å². The van der Waals surface area contributed by atoms with Crippen molar-refractivity contribution in [1.29, 1.82) is 0 Å². The minimum atomic E-state index is 0.0455. The molecule has 100 valence electrons. The average molecular weight is 242 g/mol. The zero-order valence-corrected chi connectivity index (χ0v) is 11.5. The Morgan fingerprint density at radius 2 is 2.24 bits per heavy atom. The van der Waals surface area contributed by atoms with E-state index >= 15 is 0 Å². The molecule has 1 aliphatic carbocycles. The summed E-state index contributed by atoms with van der Waals surface area (Å²) < 4.78 is 5.36. The molecular weight excluding hydrogens is 216 g/mol. The van der Waals surface area contributed by atoms with E-state index in [1.54, 1.807) is 7.11 Å². The van der Waals surface area contributed by atoms with Gasteiger partial charge in [-0.25, -0.2) is 0 Å². The SMILES string of the molecule is COC1CC(NC(=O)CCC(C)CN)C1(C)C. The highest BCUT2D eigenvalue weighted by molar-refractivity contribution is 5.76. The summed E-state index contributed by atoms with van der Waals surface area (Å²) in [6, 6.07) is 0.244. The molecular formula is C13H26N2O2. The van der Waals surface area contributed by atoms with Crippen LogP contribution in [0, 0.1) is 11.3 Å². The van der Waals surface area contributed by atoms with Crippen molar-refractivity contribution in [3.63, 3.8) is 0 Å². The highest BCUT2D eigenvalue weighted by Crippen LogP contribution is 2.42. The summed E-state index contributed by atoms with van der Waals surface area (Å²) in [5, 5.41) is 3.09. The van der Waals surface area contributed by atoms with Gasteiger partial charge in [-0.05, 0) is 25.3 Å². The molecule has 3 N–H and O–H groups in total. The normalized spacial score (nSPS) is 28.3. The number of methoxy groups -OCH3 is 1. The van der Waals surface area contributed by atoms with Gasteiger partial charge in [0.15, 0.2) is 0 Å². The van der Waals surface area contributed by atoms with Gasteiger partial charge in [0, 0.05) is 25.0 Å². The molecule has 0 heterocycles. The van der Waals surface area contributed by atoms with Crippen LogP contribution < -0.4 is 11.1 Å². The molecule has 3 unspecified atom stereocenters. The molecule has 0 aromatic heterocycles. The number of carbonyl (C=O) groups excluding carboxylic acids is 1. The molecule has 0 bridgehead atoms. The number of hydrogen-bond donors (Lipinski definition) is 2. The van der Waals surface area contributed by atoms with Crippen LogP contribution in [-0.4, -0.2) is 31.7 Å². The third-order valence-corrected chi connectivity index (χ3v) is 4.06. The first-order valence-electron chi connectivity index (χ1n) is 6.44. The summed E-state index contributed by atoms with van der Waals surface area (Å²) in [5.41, 5.74) is 5.57. The zero-order valence-electron chi connectivity index (χ0n) is 11.5. The van der Waals surface area contributed by atoms with Crippen molar-refractivity contribution in [2.75, 3.05) is 13.7 Å². The number of hydrogen-bond acceptors (Lipinski definition) is 3. The molecule has 0 aromatic carbocycles. The number of amides is 1. The van der Waals surface area contributed by atoms with E-state index in [9.17, 15) is 4.79 Å². The lowest BCUT2D eigenvalue weighted by atomic mass is 9.64. The Balaban J connectivity index is 2.29. The molecule has 0 saturated heterocycles. The van der Waals surface area contributed by atoms with E-state index in [0.717, 1.165) is 12.8 Å². The Bertz CT molecular complexity index is 266. The summed E-state index contributed by atoms with van der Waals surface area (Å²) >= 11 is 0. The Kier molecular flexibility index (Phi) is 4.95. The number of rotatable bonds is 6. The van der Waals surface area contributed by atoms with Crippen LogP contribution in [0.4, 0.5) is 0 Å². The van der Waals surface area contributed by atoms with Crippen molar-refractivity contribution in [3.05, 3.63) is 0 Å². The maximum atomic E-state index is 11.8. The Morgan fingerprint density at radius 1 is 1.59 bits per heavy atom. The van der Waals surface area contributed by atoms with Crippen molar-refractivity contribution in [3.8, 4) is 0 Å². The number of nitrogens with two attached hydrogens (primary N) is 1. The van der Waals surface area contributed by atoms with Crippen LogP contribution in [0.2, 0.25) is 0 Å². The summed E-state index contributed by atoms with van der Waals surface area (Å²) in [5.74, 6) is 0.555. The van der Waals surface area contributed by atoms with Crippen LogP contribution in [0.1, 0.15) is 40.0 Å². The average Bonchev–Trinajstić information content (AvgIpc) is 2.30. The molecule has 1 aliphatic rings. The van der Waals surface area contributed by atoms with Gasteiger partial charge in [-0.3, -0.25) is 4.79 Å². The molecule has 0 aliphatic heterocycles. The van der Waals surface area contributed by atoms with Gasteiger partial charge in [0.05, 0.1) is 6.10 Å². The fraction of sp³-hybridized carbons (Fsp3) is 0.923. The van der Waals surface area contributed by atoms with E-state index in [-0.39, 0.29) is 23.5 Å². The van der Waals surface area contributed by atoms with Gasteiger partial charge >= 0.3 is 0 Å². The van der Waals surface area contributed by atoms with Crippen molar-refractivity contribution in [2.24, 2.45) is 17.1 Å². The fourth-order valence-electron chi connectivity index (χ4n) is 2.29. The van der Waals surface area contributed by atoms with Crippen molar-refractivity contribution in [1.82, 2.24) is 5.32 Å². The Labute approximate surface area is 104 Å². The standard InChI is InChI=1S/C13H26N2O2/c1-9(8-14)5-6-12(16)15-10-7-11(17-4)13(10,2)3/h9-11H,5-8,14H2,1-4H3,(H,15,16). The van der Waals surface area contributed by atoms with Crippen LogP contribution in [0.25, 0.3) is 0 Å². The second-order valence-electron chi connectivity index (χ2n) is 5.78. The second-order valence-corrected chi connectivity index (χ2v) is 5.78. The molecule has 0 aromatic rings. The summed E-state index contributed by atoms with van der Waals surface area (Å²) in [4.78, 5) is 11.8. The quantitative estimate of drug-likeness (QED) is 0.737. The third-order valence-electron chi connectivity index (χ3n) is 4.06. The van der Waals surface area contributed by atoms with Crippen LogP contribution in [0.5, 0.6) is 0 Å². The van der Waals surface area contributed by atoms with E-state index in [2.05, 4.69) is 26.1 Å². The van der Waals surface area contributed by atoms with Crippen LogP contribution in [0.3, 0.4) is 0 Å². The first-order chi connectivity index (χ1) is 7.91. The van der Waals surface area contributed by atoms with Crippen molar-refractivity contribution < 1.29 is 9.53 Å². The number of ether oxygens (including phenoxy) is 1.